The van der Waals surface area contributed by atoms with Crippen LogP contribution in [-0.2, 0) is 0 Å². The van der Waals surface area contributed by atoms with Crippen LogP contribution in [0.1, 0.15) is 0 Å². The van der Waals surface area contributed by atoms with Crippen LogP contribution in [0.5, 0.6) is 0 Å². The third kappa shape index (κ3) is 1.46. The van der Waals surface area contributed by atoms with Gasteiger partial charge in [0.25, 0.3) is 0 Å². The Hall–Kier alpha value is -0.910. The topological polar surface area (TPSA) is 38.9 Å². The fraction of sp³-hybridized carbons (Fsp3) is 0. The molecule has 0 unspecified atom stereocenters. The van der Waals surface area contributed by atoms with E-state index in [2.05, 4.69) is 27.6 Å². The molecule has 0 amide bonds. The molecule has 1 aromatic carbocycles. The van der Waals surface area contributed by atoms with Gasteiger partial charge < -0.3 is 5.73 Å². The molecule has 0 aliphatic carbocycles. The molecule has 0 saturated carbocycles. The number of fused-ring (bicyclic) bond motifs is 1. The SMILES string of the molecule is Nc1ncc2cc(I)ccc2c1F. The summed E-state index contributed by atoms with van der Waals surface area (Å²) in [6, 6.07) is 5.42. The molecule has 2 nitrogen and oxygen atoms in total. The Bertz CT molecular complexity index is 470. The van der Waals surface area contributed by atoms with E-state index in [-0.39, 0.29) is 5.82 Å². The maximum Gasteiger partial charge on any atom is 0.173 e. The summed E-state index contributed by atoms with van der Waals surface area (Å²) in [6.07, 6.45) is 1.58. The third-order valence-electron chi connectivity index (χ3n) is 1.82. The van der Waals surface area contributed by atoms with Crippen LogP contribution >= 0.6 is 22.6 Å². The molecule has 0 saturated heterocycles. The van der Waals surface area contributed by atoms with Gasteiger partial charge in [-0.2, -0.15) is 0 Å². The largest absolute Gasteiger partial charge is 0.381 e. The molecule has 66 valence electrons. The summed E-state index contributed by atoms with van der Waals surface area (Å²) in [6.45, 7) is 0. The maximum absolute atomic E-state index is 13.3. The first-order chi connectivity index (χ1) is 6.18. The van der Waals surface area contributed by atoms with Crippen molar-refractivity contribution in [3.05, 3.63) is 33.8 Å². The summed E-state index contributed by atoms with van der Waals surface area (Å²) in [7, 11) is 0. The van der Waals surface area contributed by atoms with E-state index in [9.17, 15) is 4.39 Å². The lowest BCUT2D eigenvalue weighted by Gasteiger charge is -2.01. The van der Waals surface area contributed by atoms with Crippen molar-refractivity contribution >= 4 is 39.2 Å². The van der Waals surface area contributed by atoms with Gasteiger partial charge in [-0.15, -0.1) is 0 Å². The number of benzene rings is 1. The van der Waals surface area contributed by atoms with Gasteiger partial charge in [0.15, 0.2) is 11.6 Å². The van der Waals surface area contributed by atoms with E-state index in [1.165, 1.54) is 0 Å². The van der Waals surface area contributed by atoms with Gasteiger partial charge in [0, 0.05) is 20.5 Å². The van der Waals surface area contributed by atoms with Gasteiger partial charge >= 0.3 is 0 Å². The first kappa shape index (κ1) is 8.68. The Kier molecular flexibility index (Phi) is 2.07. The van der Waals surface area contributed by atoms with Crippen molar-refractivity contribution in [2.24, 2.45) is 0 Å². The number of halogens is 2. The highest BCUT2D eigenvalue weighted by Crippen LogP contribution is 2.22. The molecule has 0 bridgehead atoms. The van der Waals surface area contributed by atoms with Crippen molar-refractivity contribution in [2.45, 2.75) is 0 Å². The van der Waals surface area contributed by atoms with Crippen LogP contribution in [0.2, 0.25) is 0 Å². The standard InChI is InChI=1S/C9H6FIN2/c10-8-7-2-1-6(11)3-5(7)4-13-9(8)12/h1-4H,(H2,12,13). The summed E-state index contributed by atoms with van der Waals surface area (Å²) in [4.78, 5) is 3.75. The van der Waals surface area contributed by atoms with Gasteiger partial charge in [0.1, 0.15) is 0 Å². The van der Waals surface area contributed by atoms with Crippen molar-refractivity contribution in [2.75, 3.05) is 5.73 Å². The molecule has 0 spiro atoms. The van der Waals surface area contributed by atoms with Crippen LogP contribution in [0.3, 0.4) is 0 Å². The van der Waals surface area contributed by atoms with E-state index in [0.29, 0.717) is 5.39 Å². The number of nitrogens with zero attached hydrogens (tertiary/aromatic N) is 1. The minimum absolute atomic E-state index is 0.0475. The predicted molar refractivity (Wildman–Crippen MR) is 58.8 cm³/mol. The first-order valence-electron chi connectivity index (χ1n) is 3.68. The smallest absolute Gasteiger partial charge is 0.173 e. The number of hydrogen-bond donors (Lipinski definition) is 1. The molecule has 13 heavy (non-hydrogen) atoms. The number of aromatic nitrogens is 1. The second-order valence-corrected chi connectivity index (χ2v) is 3.93. The lowest BCUT2D eigenvalue weighted by atomic mass is 10.2. The second-order valence-electron chi connectivity index (χ2n) is 2.69. The molecule has 0 fully saturated rings. The molecule has 2 aromatic rings. The van der Waals surface area contributed by atoms with Gasteiger partial charge in [0.05, 0.1) is 0 Å². The predicted octanol–water partition coefficient (Wildman–Crippen LogP) is 2.56. The highest BCUT2D eigenvalue weighted by atomic mass is 127. The number of rotatable bonds is 0. The van der Waals surface area contributed by atoms with Crippen LogP contribution in [0, 0.1) is 9.39 Å². The van der Waals surface area contributed by atoms with Gasteiger partial charge in [-0.05, 0) is 34.7 Å². The number of nitrogens with two attached hydrogens (primary N) is 1. The van der Waals surface area contributed by atoms with Gasteiger partial charge in [-0.3, -0.25) is 0 Å². The van der Waals surface area contributed by atoms with Crippen molar-refractivity contribution in [1.82, 2.24) is 4.98 Å². The summed E-state index contributed by atoms with van der Waals surface area (Å²) in [5.41, 5.74) is 5.34. The molecule has 2 N–H and O–H groups in total. The zero-order valence-electron chi connectivity index (χ0n) is 6.59. The molecule has 2 rings (SSSR count). The Labute approximate surface area is 88.1 Å². The number of hydrogen-bond acceptors (Lipinski definition) is 2. The van der Waals surface area contributed by atoms with Crippen LogP contribution < -0.4 is 5.73 Å². The average molecular weight is 288 g/mol. The van der Waals surface area contributed by atoms with E-state index in [1.54, 1.807) is 12.3 Å². The molecule has 0 aliphatic rings. The zero-order valence-corrected chi connectivity index (χ0v) is 8.75. The van der Waals surface area contributed by atoms with Crippen LogP contribution in [-0.4, -0.2) is 4.98 Å². The second kappa shape index (κ2) is 3.10. The monoisotopic (exact) mass is 288 g/mol. The fourth-order valence-electron chi connectivity index (χ4n) is 1.17. The molecule has 0 atom stereocenters. The van der Waals surface area contributed by atoms with Gasteiger partial charge in [0.2, 0.25) is 0 Å². The number of nitrogen functional groups attached to an aromatic ring is 1. The fourth-order valence-corrected chi connectivity index (χ4v) is 1.69. The van der Waals surface area contributed by atoms with Crippen molar-refractivity contribution < 1.29 is 4.39 Å². The summed E-state index contributed by atoms with van der Waals surface area (Å²) in [5.74, 6) is -0.484. The molecule has 0 aliphatic heterocycles. The van der Waals surface area contributed by atoms with Crippen molar-refractivity contribution in [3.63, 3.8) is 0 Å². The van der Waals surface area contributed by atoms with Gasteiger partial charge in [-0.25, -0.2) is 9.37 Å². The molecule has 4 heteroatoms. The van der Waals surface area contributed by atoms with E-state index in [1.807, 2.05) is 12.1 Å². The van der Waals surface area contributed by atoms with E-state index >= 15 is 0 Å². The van der Waals surface area contributed by atoms with Crippen LogP contribution in [0.4, 0.5) is 10.2 Å². The first-order valence-corrected chi connectivity index (χ1v) is 4.75. The molecular formula is C9H6FIN2. The van der Waals surface area contributed by atoms with Crippen LogP contribution in [0.15, 0.2) is 24.4 Å². The molecular weight excluding hydrogens is 282 g/mol. The molecule has 0 radical (unpaired) electrons. The average Bonchev–Trinajstić information content (AvgIpc) is 2.12. The van der Waals surface area contributed by atoms with Crippen LogP contribution in [0.25, 0.3) is 10.8 Å². The summed E-state index contributed by atoms with van der Waals surface area (Å²) in [5, 5.41) is 1.30. The minimum Gasteiger partial charge on any atom is -0.381 e. The zero-order chi connectivity index (χ0) is 9.42. The minimum atomic E-state index is -0.436. The lowest BCUT2D eigenvalue weighted by Crippen LogP contribution is -1.95. The number of anilines is 1. The number of pyridine rings is 1. The molecule has 1 aromatic heterocycles. The quantitative estimate of drug-likeness (QED) is 0.757. The van der Waals surface area contributed by atoms with Crippen molar-refractivity contribution in [1.29, 1.82) is 0 Å². The van der Waals surface area contributed by atoms with Crippen molar-refractivity contribution in [3.8, 4) is 0 Å². The van der Waals surface area contributed by atoms with E-state index in [0.717, 1.165) is 8.96 Å². The lowest BCUT2D eigenvalue weighted by molar-refractivity contribution is 0.639. The van der Waals surface area contributed by atoms with Gasteiger partial charge in [-0.1, -0.05) is 6.07 Å². The molecule has 1 heterocycles. The van der Waals surface area contributed by atoms with E-state index < -0.39 is 5.82 Å². The summed E-state index contributed by atoms with van der Waals surface area (Å²) >= 11 is 2.17. The van der Waals surface area contributed by atoms with E-state index in [4.69, 9.17) is 5.73 Å². The Morgan fingerprint density at radius 2 is 2.15 bits per heavy atom. The summed E-state index contributed by atoms with van der Waals surface area (Å²) < 4.78 is 14.4. The highest BCUT2D eigenvalue weighted by Gasteiger charge is 2.05. The maximum atomic E-state index is 13.3. The highest BCUT2D eigenvalue weighted by molar-refractivity contribution is 14.1. The third-order valence-corrected chi connectivity index (χ3v) is 2.49. The Morgan fingerprint density at radius 1 is 1.38 bits per heavy atom. The Balaban J connectivity index is 2.87. The normalized spacial score (nSPS) is 10.6. The Morgan fingerprint density at radius 3 is 2.92 bits per heavy atom.